The second-order valence-electron chi connectivity index (χ2n) is 3.70. The third-order valence-electron chi connectivity index (χ3n) is 2.48. The molecule has 0 fully saturated rings. The van der Waals surface area contributed by atoms with Crippen molar-refractivity contribution in [3.8, 4) is 0 Å². The van der Waals surface area contributed by atoms with Crippen molar-refractivity contribution in [2.45, 2.75) is 19.1 Å². The number of nitrogens with zero attached hydrogens (tertiary/aromatic N) is 1. The van der Waals surface area contributed by atoms with E-state index < -0.39 is 12.1 Å². The molecule has 3 heteroatoms. The first-order chi connectivity index (χ1) is 7.18. The average Bonchev–Trinajstić information content (AvgIpc) is 2.27. The van der Waals surface area contributed by atoms with Crippen molar-refractivity contribution in [2.24, 2.45) is 5.73 Å². The quantitative estimate of drug-likeness (QED) is 0.778. The summed E-state index contributed by atoms with van der Waals surface area (Å²) in [7, 11) is 0. The summed E-state index contributed by atoms with van der Waals surface area (Å²) in [6, 6.07) is 11.3. The Kier molecular flexibility index (Phi) is 2.66. The maximum atomic E-state index is 9.38. The van der Waals surface area contributed by atoms with Crippen LogP contribution in [0.15, 0.2) is 36.4 Å². The van der Waals surface area contributed by atoms with Crippen LogP contribution in [0.4, 0.5) is 0 Å². The molecule has 0 aliphatic rings. The Labute approximate surface area is 88.6 Å². The van der Waals surface area contributed by atoms with Gasteiger partial charge in [-0.1, -0.05) is 24.3 Å². The van der Waals surface area contributed by atoms with Crippen LogP contribution in [-0.4, -0.2) is 16.2 Å². The van der Waals surface area contributed by atoms with Gasteiger partial charge in [0.15, 0.2) is 0 Å². The van der Waals surface area contributed by atoms with Crippen LogP contribution in [0.5, 0.6) is 0 Å². The number of aromatic nitrogens is 1. The van der Waals surface area contributed by atoms with E-state index in [0.29, 0.717) is 0 Å². The van der Waals surface area contributed by atoms with E-state index in [-0.39, 0.29) is 0 Å². The molecule has 0 unspecified atom stereocenters. The summed E-state index contributed by atoms with van der Waals surface area (Å²) in [6.07, 6.45) is -0.585. The molecule has 0 spiro atoms. The van der Waals surface area contributed by atoms with Gasteiger partial charge in [-0.3, -0.25) is 4.98 Å². The molecule has 1 heterocycles. The summed E-state index contributed by atoms with van der Waals surface area (Å²) in [6.45, 7) is 1.67. The van der Waals surface area contributed by atoms with Crippen molar-refractivity contribution in [3.63, 3.8) is 0 Å². The third kappa shape index (κ3) is 1.98. The largest absolute Gasteiger partial charge is 0.391 e. The summed E-state index contributed by atoms with van der Waals surface area (Å²) in [5, 5.41) is 10.5. The number of rotatable bonds is 2. The number of aliphatic hydroxyl groups excluding tert-OH is 1. The first-order valence-corrected chi connectivity index (χ1v) is 4.98. The van der Waals surface area contributed by atoms with Gasteiger partial charge in [0.2, 0.25) is 0 Å². The van der Waals surface area contributed by atoms with Crippen LogP contribution < -0.4 is 5.73 Å². The molecule has 1 aromatic heterocycles. The fourth-order valence-electron chi connectivity index (χ4n) is 1.51. The lowest BCUT2D eigenvalue weighted by Crippen LogP contribution is -2.24. The molecule has 0 amide bonds. The van der Waals surface area contributed by atoms with Crippen LogP contribution in [0.2, 0.25) is 0 Å². The predicted molar refractivity (Wildman–Crippen MR) is 60.4 cm³/mol. The van der Waals surface area contributed by atoms with Crippen molar-refractivity contribution in [1.82, 2.24) is 4.98 Å². The first-order valence-electron chi connectivity index (χ1n) is 4.98. The van der Waals surface area contributed by atoms with Gasteiger partial charge in [-0.2, -0.15) is 0 Å². The van der Waals surface area contributed by atoms with Crippen LogP contribution in [0.25, 0.3) is 10.9 Å². The minimum atomic E-state index is -0.585. The highest BCUT2D eigenvalue weighted by atomic mass is 16.3. The van der Waals surface area contributed by atoms with Gasteiger partial charge in [-0.25, -0.2) is 0 Å². The average molecular weight is 202 g/mol. The summed E-state index contributed by atoms with van der Waals surface area (Å²) < 4.78 is 0. The third-order valence-corrected chi connectivity index (χ3v) is 2.48. The number of para-hydroxylation sites is 1. The fourth-order valence-corrected chi connectivity index (χ4v) is 1.51. The van der Waals surface area contributed by atoms with Crippen LogP contribution in [-0.2, 0) is 0 Å². The Hall–Kier alpha value is -1.45. The minimum Gasteiger partial charge on any atom is -0.391 e. The van der Waals surface area contributed by atoms with Crippen molar-refractivity contribution < 1.29 is 5.11 Å². The molecule has 0 aliphatic carbocycles. The molecule has 0 saturated carbocycles. The van der Waals surface area contributed by atoms with Crippen LogP contribution in [0, 0.1) is 0 Å². The number of aliphatic hydroxyl groups is 1. The highest BCUT2D eigenvalue weighted by molar-refractivity contribution is 5.78. The van der Waals surface area contributed by atoms with E-state index in [0.717, 1.165) is 16.6 Å². The molecular formula is C12H14N2O. The number of fused-ring (bicyclic) bond motifs is 1. The molecule has 2 atom stereocenters. The molecule has 15 heavy (non-hydrogen) atoms. The number of hydrogen-bond donors (Lipinski definition) is 2. The van der Waals surface area contributed by atoms with Gasteiger partial charge in [0.1, 0.15) is 0 Å². The molecule has 0 saturated heterocycles. The highest BCUT2D eigenvalue weighted by Crippen LogP contribution is 2.17. The second-order valence-corrected chi connectivity index (χ2v) is 3.70. The van der Waals surface area contributed by atoms with E-state index in [2.05, 4.69) is 4.98 Å². The molecule has 2 aromatic rings. The maximum absolute atomic E-state index is 9.38. The van der Waals surface area contributed by atoms with E-state index in [4.69, 9.17) is 5.73 Å². The van der Waals surface area contributed by atoms with E-state index in [9.17, 15) is 5.11 Å². The molecule has 0 bridgehead atoms. The van der Waals surface area contributed by atoms with Gasteiger partial charge in [-0.05, 0) is 19.1 Å². The van der Waals surface area contributed by atoms with Gasteiger partial charge in [0, 0.05) is 5.39 Å². The Morgan fingerprint density at radius 3 is 2.67 bits per heavy atom. The van der Waals surface area contributed by atoms with Crippen LogP contribution in [0.1, 0.15) is 18.7 Å². The topological polar surface area (TPSA) is 59.1 Å². The van der Waals surface area contributed by atoms with Gasteiger partial charge in [-0.15, -0.1) is 0 Å². The molecule has 1 aromatic carbocycles. The van der Waals surface area contributed by atoms with Crippen molar-refractivity contribution in [3.05, 3.63) is 42.1 Å². The Morgan fingerprint density at radius 1 is 1.20 bits per heavy atom. The van der Waals surface area contributed by atoms with Gasteiger partial charge in [0.25, 0.3) is 0 Å². The molecule has 3 N–H and O–H groups in total. The Balaban J connectivity index is 2.47. The summed E-state index contributed by atoms with van der Waals surface area (Å²) in [5.41, 5.74) is 7.45. The molecule has 3 nitrogen and oxygen atoms in total. The molecule has 0 aliphatic heterocycles. The summed E-state index contributed by atoms with van der Waals surface area (Å²) in [4.78, 5) is 4.41. The van der Waals surface area contributed by atoms with E-state index >= 15 is 0 Å². The minimum absolute atomic E-state index is 0.422. The van der Waals surface area contributed by atoms with E-state index in [1.807, 2.05) is 36.4 Å². The molecule has 78 valence electrons. The van der Waals surface area contributed by atoms with Crippen LogP contribution in [0.3, 0.4) is 0 Å². The lowest BCUT2D eigenvalue weighted by atomic mass is 10.1. The smallest absolute Gasteiger partial charge is 0.0731 e. The Morgan fingerprint density at radius 2 is 1.93 bits per heavy atom. The standard InChI is InChI=1S/C12H14N2O/c1-8(15)12(13)11-7-6-9-4-2-3-5-10(9)14-11/h2-8,12,15H,13H2,1H3/t8-,12-/m1/s1. The maximum Gasteiger partial charge on any atom is 0.0731 e. The zero-order valence-electron chi connectivity index (χ0n) is 8.59. The SMILES string of the molecule is C[C@@H](O)[C@@H](N)c1ccc2ccccc2n1. The van der Waals surface area contributed by atoms with Crippen molar-refractivity contribution in [2.75, 3.05) is 0 Å². The van der Waals surface area contributed by atoms with Crippen molar-refractivity contribution in [1.29, 1.82) is 0 Å². The number of pyridine rings is 1. The Bertz CT molecular complexity index is 468. The lowest BCUT2D eigenvalue weighted by molar-refractivity contribution is 0.162. The second kappa shape index (κ2) is 3.96. The van der Waals surface area contributed by atoms with Gasteiger partial charge < -0.3 is 10.8 Å². The normalized spacial score (nSPS) is 15.1. The van der Waals surface area contributed by atoms with E-state index in [1.165, 1.54) is 0 Å². The van der Waals surface area contributed by atoms with Gasteiger partial charge >= 0.3 is 0 Å². The number of benzene rings is 1. The summed E-state index contributed by atoms with van der Waals surface area (Å²) in [5.74, 6) is 0. The van der Waals surface area contributed by atoms with Gasteiger partial charge in [0.05, 0.1) is 23.4 Å². The molecule has 0 radical (unpaired) electrons. The number of hydrogen-bond acceptors (Lipinski definition) is 3. The molecular weight excluding hydrogens is 188 g/mol. The molecule has 2 rings (SSSR count). The monoisotopic (exact) mass is 202 g/mol. The lowest BCUT2D eigenvalue weighted by Gasteiger charge is -2.14. The van der Waals surface area contributed by atoms with Crippen molar-refractivity contribution >= 4 is 10.9 Å². The summed E-state index contributed by atoms with van der Waals surface area (Å²) >= 11 is 0. The highest BCUT2D eigenvalue weighted by Gasteiger charge is 2.13. The predicted octanol–water partition coefficient (Wildman–Crippen LogP) is 1.62. The zero-order valence-corrected chi connectivity index (χ0v) is 8.59. The van der Waals surface area contributed by atoms with Crippen LogP contribution >= 0.6 is 0 Å². The fraction of sp³-hybridized carbons (Fsp3) is 0.250. The first kappa shape index (κ1) is 10.1. The number of nitrogens with two attached hydrogens (primary N) is 1. The van der Waals surface area contributed by atoms with E-state index in [1.54, 1.807) is 6.92 Å². The zero-order chi connectivity index (χ0) is 10.8.